The van der Waals surface area contributed by atoms with Gasteiger partial charge in [0.25, 0.3) is 0 Å². The van der Waals surface area contributed by atoms with E-state index >= 15 is 0 Å². The summed E-state index contributed by atoms with van der Waals surface area (Å²) in [6, 6.07) is 4.67. The lowest BCUT2D eigenvalue weighted by Crippen LogP contribution is -2.76. The van der Waals surface area contributed by atoms with Crippen LogP contribution in [0.25, 0.3) is 0 Å². The van der Waals surface area contributed by atoms with Gasteiger partial charge in [-0.25, -0.2) is 19.2 Å². The average molecular weight is 504 g/mol. The Morgan fingerprint density at radius 3 is 2.44 bits per heavy atom. The van der Waals surface area contributed by atoms with Crippen LogP contribution in [-0.2, 0) is 20.9 Å². The lowest BCUT2D eigenvalue weighted by Gasteiger charge is -2.54. The first kappa shape index (κ1) is 27.6. The Morgan fingerprint density at radius 2 is 1.78 bits per heavy atom. The SMILES string of the molecule is CCCCCCCN1C[C@H]2N(C(=O)CN(C)N2C(=O)NCc2ccc(F)cc2)C(CCC(C)=O)C1=O. The summed E-state index contributed by atoms with van der Waals surface area (Å²) in [4.78, 5) is 54.8. The number of hydrogen-bond donors (Lipinski definition) is 1. The fourth-order valence-corrected chi connectivity index (χ4v) is 4.89. The topological polar surface area (TPSA) is 93.3 Å². The Balaban J connectivity index is 1.79. The zero-order chi connectivity index (χ0) is 26.2. The van der Waals surface area contributed by atoms with Crippen LogP contribution in [0.3, 0.4) is 0 Å². The predicted octanol–water partition coefficient (Wildman–Crippen LogP) is 2.90. The molecule has 0 radical (unpaired) electrons. The fraction of sp³-hybridized carbons (Fsp3) is 0.615. The van der Waals surface area contributed by atoms with E-state index in [1.165, 1.54) is 29.0 Å². The van der Waals surface area contributed by atoms with Gasteiger partial charge in [-0.15, -0.1) is 0 Å². The molecular formula is C26H38FN5O4. The highest BCUT2D eigenvalue weighted by molar-refractivity contribution is 5.92. The number of Topliss-reactive ketones (excluding diaryl/α,β-unsaturated/α-hetero) is 1. The smallest absolute Gasteiger partial charge is 0.334 e. The Hall–Kier alpha value is -3.01. The molecule has 2 fully saturated rings. The molecular weight excluding hydrogens is 465 g/mol. The van der Waals surface area contributed by atoms with E-state index in [-0.39, 0.29) is 55.9 Å². The van der Waals surface area contributed by atoms with Gasteiger partial charge in [-0.1, -0.05) is 44.7 Å². The average Bonchev–Trinajstić information content (AvgIpc) is 2.83. The van der Waals surface area contributed by atoms with Crippen molar-refractivity contribution in [2.45, 2.75) is 77.5 Å². The van der Waals surface area contributed by atoms with E-state index in [4.69, 9.17) is 0 Å². The highest BCUT2D eigenvalue weighted by Gasteiger charge is 2.50. The molecule has 2 atom stereocenters. The summed E-state index contributed by atoms with van der Waals surface area (Å²) in [5, 5.41) is 5.91. The standard InChI is InChI=1S/C26H38FN5O4/c1-4-5-6-7-8-15-30-17-23-31(22(25(30)35)14-9-19(2)33)24(34)18-29(3)32(23)26(36)28-16-20-10-12-21(27)13-11-20/h10-13,22-23H,4-9,14-18H2,1-3H3,(H,28,36)/t22?,23-/m0/s1. The summed E-state index contributed by atoms with van der Waals surface area (Å²) < 4.78 is 13.2. The molecule has 2 aliphatic rings. The van der Waals surface area contributed by atoms with Crippen LogP contribution < -0.4 is 5.32 Å². The summed E-state index contributed by atoms with van der Waals surface area (Å²) in [5.41, 5.74) is 0.740. The van der Waals surface area contributed by atoms with Crippen molar-refractivity contribution in [2.75, 3.05) is 26.7 Å². The van der Waals surface area contributed by atoms with Crippen molar-refractivity contribution < 1.29 is 23.6 Å². The number of carbonyl (C=O) groups excluding carboxylic acids is 4. The van der Waals surface area contributed by atoms with Gasteiger partial charge in [0.2, 0.25) is 11.8 Å². The second kappa shape index (κ2) is 12.8. The first-order valence-electron chi connectivity index (χ1n) is 12.8. The lowest BCUT2D eigenvalue weighted by atomic mass is 10.0. The number of carbonyl (C=O) groups is 4. The molecule has 1 aromatic rings. The number of rotatable bonds is 11. The molecule has 2 aliphatic heterocycles. The van der Waals surface area contributed by atoms with Gasteiger partial charge in [0.15, 0.2) is 0 Å². The predicted molar refractivity (Wildman–Crippen MR) is 133 cm³/mol. The number of piperazine rings is 1. The summed E-state index contributed by atoms with van der Waals surface area (Å²) in [5.74, 6) is -0.804. The zero-order valence-corrected chi connectivity index (χ0v) is 21.5. The van der Waals surface area contributed by atoms with Gasteiger partial charge >= 0.3 is 6.03 Å². The molecule has 4 amide bonds. The Kier molecular flexibility index (Phi) is 9.81. The van der Waals surface area contributed by atoms with Crippen molar-refractivity contribution in [1.29, 1.82) is 0 Å². The number of benzene rings is 1. The van der Waals surface area contributed by atoms with E-state index in [9.17, 15) is 23.6 Å². The number of halogens is 1. The summed E-state index contributed by atoms with van der Waals surface area (Å²) in [6.45, 7) is 4.51. The van der Waals surface area contributed by atoms with Crippen LogP contribution in [0, 0.1) is 5.82 Å². The fourth-order valence-electron chi connectivity index (χ4n) is 4.89. The number of hydrogen-bond acceptors (Lipinski definition) is 5. The minimum absolute atomic E-state index is 0.0495. The molecule has 9 nitrogen and oxygen atoms in total. The molecule has 0 aromatic heterocycles. The molecule has 1 aromatic carbocycles. The normalized spacial score (nSPS) is 20.5. The van der Waals surface area contributed by atoms with E-state index in [0.717, 1.165) is 37.7 Å². The highest BCUT2D eigenvalue weighted by atomic mass is 19.1. The second-order valence-electron chi connectivity index (χ2n) is 9.68. The number of nitrogens with one attached hydrogen (secondary N) is 1. The van der Waals surface area contributed by atoms with Crippen LogP contribution in [0.15, 0.2) is 24.3 Å². The summed E-state index contributed by atoms with van der Waals surface area (Å²) in [6.07, 6.45) is 4.97. The molecule has 0 bridgehead atoms. The number of urea groups is 1. The van der Waals surface area contributed by atoms with Crippen molar-refractivity contribution in [1.82, 2.24) is 25.1 Å². The number of ketones is 1. The van der Waals surface area contributed by atoms with Crippen molar-refractivity contribution >= 4 is 23.6 Å². The molecule has 0 aliphatic carbocycles. The first-order valence-corrected chi connectivity index (χ1v) is 12.8. The van der Waals surface area contributed by atoms with Crippen LogP contribution in [0.5, 0.6) is 0 Å². The van der Waals surface area contributed by atoms with Crippen molar-refractivity contribution in [2.24, 2.45) is 0 Å². The minimum atomic E-state index is -0.781. The Bertz CT molecular complexity index is 941. The number of amides is 4. The number of hydrazine groups is 1. The van der Waals surface area contributed by atoms with Crippen molar-refractivity contribution in [3.8, 4) is 0 Å². The summed E-state index contributed by atoms with van der Waals surface area (Å²) >= 11 is 0. The number of likely N-dealkylation sites (N-methyl/N-ethyl adjacent to an activating group) is 1. The summed E-state index contributed by atoms with van der Waals surface area (Å²) in [7, 11) is 1.67. The minimum Gasteiger partial charge on any atom is -0.337 e. The maximum atomic E-state index is 13.4. The maximum absolute atomic E-state index is 13.4. The van der Waals surface area contributed by atoms with E-state index < -0.39 is 18.2 Å². The van der Waals surface area contributed by atoms with Gasteiger partial charge < -0.3 is 19.9 Å². The zero-order valence-electron chi connectivity index (χ0n) is 21.5. The van der Waals surface area contributed by atoms with E-state index in [2.05, 4.69) is 12.2 Å². The third kappa shape index (κ3) is 6.81. The van der Waals surface area contributed by atoms with Gasteiger partial charge in [0, 0.05) is 26.6 Å². The molecule has 10 heteroatoms. The van der Waals surface area contributed by atoms with Crippen LogP contribution in [-0.4, -0.2) is 82.3 Å². The van der Waals surface area contributed by atoms with Crippen molar-refractivity contribution in [3.63, 3.8) is 0 Å². The highest BCUT2D eigenvalue weighted by Crippen LogP contribution is 2.28. The Labute approximate surface area is 212 Å². The molecule has 3 rings (SSSR count). The third-order valence-electron chi connectivity index (χ3n) is 6.81. The molecule has 36 heavy (non-hydrogen) atoms. The molecule has 198 valence electrons. The van der Waals surface area contributed by atoms with Gasteiger partial charge in [0.05, 0.1) is 13.1 Å². The van der Waals surface area contributed by atoms with Crippen LogP contribution in [0.2, 0.25) is 0 Å². The molecule has 1 N–H and O–H groups in total. The Morgan fingerprint density at radius 1 is 1.08 bits per heavy atom. The molecule has 2 saturated heterocycles. The third-order valence-corrected chi connectivity index (χ3v) is 6.81. The van der Waals surface area contributed by atoms with Crippen LogP contribution in [0.1, 0.15) is 64.4 Å². The monoisotopic (exact) mass is 503 g/mol. The number of unbranched alkanes of at least 4 members (excludes halogenated alkanes) is 4. The quantitative estimate of drug-likeness (QED) is 0.469. The molecule has 2 heterocycles. The largest absolute Gasteiger partial charge is 0.337 e. The van der Waals surface area contributed by atoms with E-state index in [1.54, 1.807) is 29.1 Å². The van der Waals surface area contributed by atoms with E-state index in [0.29, 0.717) is 6.54 Å². The number of nitrogens with zero attached hydrogens (tertiary/aromatic N) is 4. The lowest BCUT2D eigenvalue weighted by molar-refractivity contribution is -0.187. The van der Waals surface area contributed by atoms with Gasteiger partial charge in [0.1, 0.15) is 23.8 Å². The van der Waals surface area contributed by atoms with Crippen LogP contribution in [0.4, 0.5) is 9.18 Å². The van der Waals surface area contributed by atoms with Crippen LogP contribution >= 0.6 is 0 Å². The second-order valence-corrected chi connectivity index (χ2v) is 9.68. The first-order chi connectivity index (χ1) is 17.2. The number of fused-ring (bicyclic) bond motifs is 1. The molecule has 1 unspecified atom stereocenters. The van der Waals surface area contributed by atoms with Gasteiger partial charge in [-0.3, -0.25) is 9.59 Å². The van der Waals surface area contributed by atoms with E-state index in [1.807, 2.05) is 0 Å². The van der Waals surface area contributed by atoms with Crippen molar-refractivity contribution in [3.05, 3.63) is 35.6 Å². The van der Waals surface area contributed by atoms with Gasteiger partial charge in [-0.05, 0) is 37.5 Å². The molecule has 0 spiro atoms. The maximum Gasteiger partial charge on any atom is 0.334 e. The van der Waals surface area contributed by atoms with Gasteiger partial charge in [-0.2, -0.15) is 0 Å². The molecule has 0 saturated carbocycles.